The third-order valence-corrected chi connectivity index (χ3v) is 5.86. The number of aryl methyl sites for hydroxylation is 1. The molecule has 28 heavy (non-hydrogen) atoms. The van der Waals surface area contributed by atoms with Crippen LogP contribution in [0, 0.1) is 0 Å². The van der Waals surface area contributed by atoms with Crippen LogP contribution in [0.5, 0.6) is 0 Å². The molecule has 6 nitrogen and oxygen atoms in total. The van der Waals surface area contributed by atoms with Crippen molar-refractivity contribution >= 4 is 17.2 Å². The first kappa shape index (κ1) is 18.8. The molecule has 0 fully saturated rings. The monoisotopic (exact) mass is 396 g/mol. The molecule has 4 rings (SSSR count). The zero-order chi connectivity index (χ0) is 19.3. The van der Waals surface area contributed by atoms with Crippen molar-refractivity contribution in [3.05, 3.63) is 58.1 Å². The molecular weight excluding hydrogens is 372 g/mol. The average molecular weight is 397 g/mol. The Kier molecular flexibility index (Phi) is 5.83. The van der Waals surface area contributed by atoms with Crippen LogP contribution in [0.2, 0.25) is 0 Å². The molecule has 0 radical (unpaired) electrons. The molecule has 2 aromatic heterocycles. The zero-order valence-electron chi connectivity index (χ0n) is 15.9. The van der Waals surface area contributed by atoms with E-state index in [1.165, 1.54) is 11.1 Å². The summed E-state index contributed by atoms with van der Waals surface area (Å²) in [6.45, 7) is 4.78. The van der Waals surface area contributed by atoms with Gasteiger partial charge in [-0.25, -0.2) is 0 Å². The summed E-state index contributed by atoms with van der Waals surface area (Å²) in [4.78, 5) is 14.6. The van der Waals surface area contributed by atoms with Crippen molar-refractivity contribution in [2.45, 2.75) is 38.8 Å². The van der Waals surface area contributed by atoms with Gasteiger partial charge < -0.3 is 9.73 Å². The molecule has 1 unspecified atom stereocenters. The van der Waals surface area contributed by atoms with Gasteiger partial charge >= 0.3 is 0 Å². The summed E-state index contributed by atoms with van der Waals surface area (Å²) in [5, 5.41) is 15.0. The van der Waals surface area contributed by atoms with Gasteiger partial charge in [0, 0.05) is 49.5 Å². The molecule has 3 aromatic rings. The van der Waals surface area contributed by atoms with Crippen molar-refractivity contribution in [3.8, 4) is 11.5 Å². The van der Waals surface area contributed by atoms with Crippen molar-refractivity contribution in [2.24, 2.45) is 0 Å². The van der Waals surface area contributed by atoms with E-state index in [0.29, 0.717) is 37.2 Å². The lowest BCUT2D eigenvalue weighted by Crippen LogP contribution is -2.44. The molecule has 146 valence electrons. The van der Waals surface area contributed by atoms with Gasteiger partial charge in [-0.3, -0.25) is 9.69 Å². The molecule has 0 spiro atoms. The minimum Gasteiger partial charge on any atom is -0.421 e. The smallest absolute Gasteiger partial charge is 0.248 e. The Morgan fingerprint density at radius 3 is 2.96 bits per heavy atom. The van der Waals surface area contributed by atoms with Crippen molar-refractivity contribution in [1.29, 1.82) is 0 Å². The van der Waals surface area contributed by atoms with Crippen LogP contribution in [0.15, 0.2) is 45.5 Å². The predicted octanol–water partition coefficient (Wildman–Crippen LogP) is 3.29. The van der Waals surface area contributed by atoms with Crippen molar-refractivity contribution in [3.63, 3.8) is 0 Å². The van der Waals surface area contributed by atoms with Crippen molar-refractivity contribution in [1.82, 2.24) is 20.4 Å². The summed E-state index contributed by atoms with van der Waals surface area (Å²) in [7, 11) is 0. The topological polar surface area (TPSA) is 71.3 Å². The Morgan fingerprint density at radius 2 is 2.14 bits per heavy atom. The zero-order valence-corrected chi connectivity index (χ0v) is 16.7. The van der Waals surface area contributed by atoms with Gasteiger partial charge in [0.1, 0.15) is 0 Å². The van der Waals surface area contributed by atoms with Crippen LogP contribution in [-0.2, 0) is 24.2 Å². The molecule has 1 aliphatic rings. The van der Waals surface area contributed by atoms with Crippen LogP contribution < -0.4 is 5.32 Å². The van der Waals surface area contributed by atoms with Crippen LogP contribution in [-0.4, -0.2) is 40.1 Å². The molecule has 1 atom stereocenters. The van der Waals surface area contributed by atoms with Gasteiger partial charge in [0.15, 0.2) is 0 Å². The lowest BCUT2D eigenvalue weighted by molar-refractivity contribution is -0.121. The molecule has 0 saturated carbocycles. The Morgan fingerprint density at radius 1 is 1.29 bits per heavy atom. The van der Waals surface area contributed by atoms with Gasteiger partial charge in [-0.2, -0.15) is 11.3 Å². The van der Waals surface area contributed by atoms with Crippen LogP contribution in [0.25, 0.3) is 11.5 Å². The summed E-state index contributed by atoms with van der Waals surface area (Å²) >= 11 is 1.58. The van der Waals surface area contributed by atoms with E-state index in [2.05, 4.69) is 51.6 Å². The SMILES string of the molecule is CC(CNC(=O)CCc1nnc(-c2ccsc2)o1)N1CCc2ccccc2C1. The van der Waals surface area contributed by atoms with E-state index in [1.54, 1.807) is 11.3 Å². The largest absolute Gasteiger partial charge is 0.421 e. The number of thiophene rings is 1. The summed E-state index contributed by atoms with van der Waals surface area (Å²) in [6.07, 6.45) is 1.87. The number of hydrogen-bond acceptors (Lipinski definition) is 6. The van der Waals surface area contributed by atoms with Crippen LogP contribution >= 0.6 is 11.3 Å². The van der Waals surface area contributed by atoms with Gasteiger partial charge in [0.2, 0.25) is 17.7 Å². The molecule has 0 saturated heterocycles. The molecule has 1 aromatic carbocycles. The molecular formula is C21H24N4O2S. The molecule has 1 amide bonds. The second-order valence-corrected chi connectivity index (χ2v) is 7.94. The molecule has 1 aliphatic heterocycles. The molecule has 1 N–H and O–H groups in total. The summed E-state index contributed by atoms with van der Waals surface area (Å²) in [5.74, 6) is 1.02. The lowest BCUT2D eigenvalue weighted by Gasteiger charge is -2.33. The highest BCUT2D eigenvalue weighted by Crippen LogP contribution is 2.21. The maximum Gasteiger partial charge on any atom is 0.248 e. The van der Waals surface area contributed by atoms with E-state index in [1.807, 2.05) is 16.8 Å². The van der Waals surface area contributed by atoms with E-state index in [9.17, 15) is 4.79 Å². The normalized spacial score (nSPS) is 15.2. The van der Waals surface area contributed by atoms with E-state index >= 15 is 0 Å². The highest BCUT2D eigenvalue weighted by atomic mass is 32.1. The van der Waals surface area contributed by atoms with Crippen LogP contribution in [0.3, 0.4) is 0 Å². The first-order chi connectivity index (χ1) is 13.7. The maximum absolute atomic E-state index is 12.2. The number of hydrogen-bond donors (Lipinski definition) is 1. The quantitative estimate of drug-likeness (QED) is 0.664. The lowest BCUT2D eigenvalue weighted by atomic mass is 9.99. The van der Waals surface area contributed by atoms with E-state index in [-0.39, 0.29) is 5.91 Å². The van der Waals surface area contributed by atoms with Crippen LogP contribution in [0.1, 0.15) is 30.4 Å². The number of aromatic nitrogens is 2. The van der Waals surface area contributed by atoms with E-state index < -0.39 is 0 Å². The van der Waals surface area contributed by atoms with Crippen molar-refractivity contribution in [2.75, 3.05) is 13.1 Å². The van der Waals surface area contributed by atoms with E-state index in [0.717, 1.165) is 25.1 Å². The van der Waals surface area contributed by atoms with Gasteiger partial charge in [-0.05, 0) is 35.9 Å². The number of nitrogens with zero attached hydrogens (tertiary/aromatic N) is 3. The fraction of sp³-hybridized carbons (Fsp3) is 0.381. The number of carbonyl (C=O) groups is 1. The Labute approximate surface area is 168 Å². The standard InChI is InChI=1S/C21H24N4O2S/c1-15(25-10-8-16-4-2-3-5-17(16)13-25)12-22-19(26)6-7-20-23-24-21(27-20)18-9-11-28-14-18/h2-5,9,11,14-15H,6-8,10,12-13H2,1H3,(H,22,26). The molecule has 3 heterocycles. The summed E-state index contributed by atoms with van der Waals surface area (Å²) in [5.41, 5.74) is 3.76. The third-order valence-electron chi connectivity index (χ3n) is 5.18. The van der Waals surface area contributed by atoms with Gasteiger partial charge in [-0.1, -0.05) is 24.3 Å². The fourth-order valence-electron chi connectivity index (χ4n) is 3.45. The third kappa shape index (κ3) is 4.48. The van der Waals surface area contributed by atoms with E-state index in [4.69, 9.17) is 4.42 Å². The maximum atomic E-state index is 12.2. The number of amides is 1. The predicted molar refractivity (Wildman–Crippen MR) is 109 cm³/mol. The molecule has 7 heteroatoms. The Hall–Kier alpha value is -2.51. The highest BCUT2D eigenvalue weighted by Gasteiger charge is 2.20. The summed E-state index contributed by atoms with van der Waals surface area (Å²) < 4.78 is 5.63. The van der Waals surface area contributed by atoms with Crippen LogP contribution in [0.4, 0.5) is 0 Å². The average Bonchev–Trinajstić information content (AvgIpc) is 3.41. The fourth-order valence-corrected chi connectivity index (χ4v) is 4.08. The summed E-state index contributed by atoms with van der Waals surface area (Å²) in [6, 6.07) is 10.8. The van der Waals surface area contributed by atoms with Gasteiger partial charge in [-0.15, -0.1) is 10.2 Å². The first-order valence-corrected chi connectivity index (χ1v) is 10.6. The number of rotatable bonds is 7. The Balaban J connectivity index is 1.21. The number of carbonyl (C=O) groups excluding carboxylic acids is 1. The highest BCUT2D eigenvalue weighted by molar-refractivity contribution is 7.08. The minimum absolute atomic E-state index is 0.0135. The molecule has 0 bridgehead atoms. The first-order valence-electron chi connectivity index (χ1n) is 9.61. The second-order valence-electron chi connectivity index (χ2n) is 7.16. The number of fused-ring (bicyclic) bond motifs is 1. The number of nitrogens with one attached hydrogen (secondary N) is 1. The second kappa shape index (κ2) is 8.67. The van der Waals surface area contributed by atoms with Crippen molar-refractivity contribution < 1.29 is 9.21 Å². The Bertz CT molecular complexity index is 922. The van der Waals surface area contributed by atoms with Gasteiger partial charge in [0.05, 0.1) is 0 Å². The van der Waals surface area contributed by atoms with Gasteiger partial charge in [0.25, 0.3) is 0 Å². The molecule has 0 aliphatic carbocycles. The minimum atomic E-state index is 0.0135. The number of benzene rings is 1.